The third kappa shape index (κ3) is 2.60. The molecule has 0 N–H and O–H groups in total. The molecule has 1 amide bonds. The normalized spacial score (nSPS) is 16.4. The van der Waals surface area contributed by atoms with Gasteiger partial charge in [0.15, 0.2) is 0 Å². The highest BCUT2D eigenvalue weighted by Gasteiger charge is 2.27. The Morgan fingerprint density at radius 1 is 1.33 bits per heavy atom. The van der Waals surface area contributed by atoms with E-state index in [1.165, 1.54) is 5.56 Å². The summed E-state index contributed by atoms with van der Waals surface area (Å²) in [7, 11) is 3.66. The maximum Gasteiger partial charge on any atom is 0.225 e. The first kappa shape index (κ1) is 14.3. The third-order valence-corrected chi connectivity index (χ3v) is 5.18. The number of piperidine rings is 1. The lowest BCUT2D eigenvalue weighted by Gasteiger charge is -2.33. The molecule has 6 heteroatoms. The molecule has 0 radical (unpaired) electrons. The first-order chi connectivity index (χ1) is 10.1. The Hall–Kier alpha value is -1.69. The largest absolute Gasteiger partial charge is 0.355 e. The monoisotopic (exact) mass is 304 g/mol. The Morgan fingerprint density at radius 3 is 2.71 bits per heavy atom. The molecule has 0 aromatic carbocycles. The fourth-order valence-electron chi connectivity index (χ4n) is 2.89. The number of rotatable bonds is 2. The number of anilines is 1. The standard InChI is InChI=1S/C15H20N4OS/c1-10-8-21-13-12(10)16-9-17-14(13)19-6-4-11(5-7-19)15(20)18(2)3/h8-9,11H,4-7H2,1-3H3. The Bertz CT molecular complexity index is 659. The zero-order valence-corrected chi connectivity index (χ0v) is 13.5. The lowest BCUT2D eigenvalue weighted by molar-refractivity contribution is -0.133. The van der Waals surface area contributed by atoms with Crippen LogP contribution in [0.4, 0.5) is 5.82 Å². The van der Waals surface area contributed by atoms with Gasteiger partial charge in [-0.2, -0.15) is 0 Å². The molecule has 2 aromatic heterocycles. The minimum Gasteiger partial charge on any atom is -0.355 e. The van der Waals surface area contributed by atoms with E-state index in [4.69, 9.17) is 0 Å². The second-order valence-corrected chi connectivity index (χ2v) is 6.67. The molecule has 0 unspecified atom stereocenters. The van der Waals surface area contributed by atoms with Crippen LogP contribution in [0.25, 0.3) is 10.2 Å². The fourth-order valence-corrected chi connectivity index (χ4v) is 3.90. The molecule has 0 bridgehead atoms. The van der Waals surface area contributed by atoms with E-state index in [1.807, 2.05) is 14.1 Å². The molecule has 0 aliphatic carbocycles. The molecular formula is C15H20N4OS. The van der Waals surface area contributed by atoms with Gasteiger partial charge in [-0.15, -0.1) is 11.3 Å². The summed E-state index contributed by atoms with van der Waals surface area (Å²) in [4.78, 5) is 24.9. The summed E-state index contributed by atoms with van der Waals surface area (Å²) in [6.07, 6.45) is 3.44. The highest BCUT2D eigenvalue weighted by atomic mass is 32.1. The Morgan fingerprint density at radius 2 is 2.05 bits per heavy atom. The number of amides is 1. The highest BCUT2D eigenvalue weighted by Crippen LogP contribution is 2.33. The molecule has 0 spiro atoms. The molecule has 1 aliphatic heterocycles. The van der Waals surface area contributed by atoms with Crippen molar-refractivity contribution in [1.82, 2.24) is 14.9 Å². The topological polar surface area (TPSA) is 49.3 Å². The molecule has 0 atom stereocenters. The number of carbonyl (C=O) groups is 1. The van der Waals surface area contributed by atoms with E-state index in [9.17, 15) is 4.79 Å². The molecule has 5 nitrogen and oxygen atoms in total. The third-order valence-electron chi connectivity index (χ3n) is 4.10. The summed E-state index contributed by atoms with van der Waals surface area (Å²) in [5, 5.41) is 2.13. The number of carbonyl (C=O) groups excluding carboxylic acids is 1. The van der Waals surface area contributed by atoms with E-state index in [0.29, 0.717) is 0 Å². The van der Waals surface area contributed by atoms with Crippen molar-refractivity contribution in [1.29, 1.82) is 0 Å². The summed E-state index contributed by atoms with van der Waals surface area (Å²) >= 11 is 1.70. The minimum absolute atomic E-state index is 0.152. The van der Waals surface area contributed by atoms with Crippen LogP contribution in [0.5, 0.6) is 0 Å². The van der Waals surface area contributed by atoms with Crippen molar-refractivity contribution in [2.24, 2.45) is 5.92 Å². The van der Waals surface area contributed by atoms with E-state index >= 15 is 0 Å². The average molecular weight is 304 g/mol. The van der Waals surface area contributed by atoms with Gasteiger partial charge in [-0.1, -0.05) is 0 Å². The predicted octanol–water partition coefficient (Wildman–Crippen LogP) is 2.30. The van der Waals surface area contributed by atoms with Crippen LogP contribution in [-0.4, -0.2) is 48.0 Å². The molecule has 0 saturated carbocycles. The quantitative estimate of drug-likeness (QED) is 0.854. The summed E-state index contributed by atoms with van der Waals surface area (Å²) in [6, 6.07) is 0. The van der Waals surface area contributed by atoms with Crippen LogP contribution in [-0.2, 0) is 4.79 Å². The van der Waals surface area contributed by atoms with Gasteiger partial charge in [-0.25, -0.2) is 9.97 Å². The molecule has 2 aromatic rings. The SMILES string of the molecule is Cc1csc2c(N3CCC(C(=O)N(C)C)CC3)ncnc12. The van der Waals surface area contributed by atoms with Crippen molar-refractivity contribution in [2.75, 3.05) is 32.1 Å². The number of fused-ring (bicyclic) bond motifs is 1. The number of aromatic nitrogens is 2. The Balaban J connectivity index is 1.79. The van der Waals surface area contributed by atoms with Gasteiger partial charge >= 0.3 is 0 Å². The Kier molecular flexibility index (Phi) is 3.80. The van der Waals surface area contributed by atoms with Crippen molar-refractivity contribution in [3.8, 4) is 0 Å². The maximum absolute atomic E-state index is 12.0. The number of nitrogens with zero attached hydrogens (tertiary/aromatic N) is 4. The van der Waals surface area contributed by atoms with E-state index in [1.54, 1.807) is 22.6 Å². The summed E-state index contributed by atoms with van der Waals surface area (Å²) in [5.74, 6) is 1.42. The lowest BCUT2D eigenvalue weighted by Crippen LogP contribution is -2.40. The molecule has 3 heterocycles. The van der Waals surface area contributed by atoms with Gasteiger partial charge in [0.25, 0.3) is 0 Å². The molecule has 21 heavy (non-hydrogen) atoms. The van der Waals surface area contributed by atoms with Crippen LogP contribution >= 0.6 is 11.3 Å². The second-order valence-electron chi connectivity index (χ2n) is 5.79. The van der Waals surface area contributed by atoms with Gasteiger partial charge in [-0.05, 0) is 30.7 Å². The van der Waals surface area contributed by atoms with E-state index in [-0.39, 0.29) is 11.8 Å². The number of hydrogen-bond acceptors (Lipinski definition) is 5. The summed E-state index contributed by atoms with van der Waals surface area (Å²) in [5.41, 5.74) is 2.26. The molecule has 112 valence electrons. The second kappa shape index (κ2) is 5.60. The van der Waals surface area contributed by atoms with Gasteiger partial charge in [-0.3, -0.25) is 4.79 Å². The zero-order valence-electron chi connectivity index (χ0n) is 12.7. The van der Waals surface area contributed by atoms with Crippen LogP contribution < -0.4 is 4.90 Å². The van der Waals surface area contributed by atoms with Crippen LogP contribution in [0.1, 0.15) is 18.4 Å². The van der Waals surface area contributed by atoms with Crippen LogP contribution in [0, 0.1) is 12.8 Å². The first-order valence-corrected chi connectivity index (χ1v) is 8.11. The van der Waals surface area contributed by atoms with Gasteiger partial charge in [0.05, 0.1) is 10.2 Å². The molecule has 1 fully saturated rings. The van der Waals surface area contributed by atoms with Crippen molar-refractivity contribution >= 4 is 33.3 Å². The number of thiophene rings is 1. The smallest absolute Gasteiger partial charge is 0.225 e. The van der Waals surface area contributed by atoms with Crippen LogP contribution in [0.3, 0.4) is 0 Å². The van der Waals surface area contributed by atoms with E-state index < -0.39 is 0 Å². The lowest BCUT2D eigenvalue weighted by atomic mass is 9.95. The van der Waals surface area contributed by atoms with E-state index in [0.717, 1.165) is 42.0 Å². The molecular weight excluding hydrogens is 284 g/mol. The van der Waals surface area contributed by atoms with Crippen molar-refractivity contribution in [3.63, 3.8) is 0 Å². The molecule has 3 rings (SSSR count). The summed E-state index contributed by atoms with van der Waals surface area (Å²) < 4.78 is 1.16. The Labute approximate surface area is 128 Å². The van der Waals surface area contributed by atoms with Gasteiger partial charge < -0.3 is 9.80 Å². The minimum atomic E-state index is 0.152. The molecule has 1 aliphatic rings. The maximum atomic E-state index is 12.0. The number of aryl methyl sites for hydroxylation is 1. The predicted molar refractivity (Wildman–Crippen MR) is 85.8 cm³/mol. The van der Waals surface area contributed by atoms with Gasteiger partial charge in [0.2, 0.25) is 5.91 Å². The average Bonchev–Trinajstić information content (AvgIpc) is 2.88. The highest BCUT2D eigenvalue weighted by molar-refractivity contribution is 7.18. The van der Waals surface area contributed by atoms with Crippen LogP contribution in [0.15, 0.2) is 11.7 Å². The fraction of sp³-hybridized carbons (Fsp3) is 0.533. The zero-order chi connectivity index (χ0) is 15.0. The van der Waals surface area contributed by atoms with Crippen LogP contribution in [0.2, 0.25) is 0 Å². The van der Waals surface area contributed by atoms with E-state index in [2.05, 4.69) is 27.2 Å². The van der Waals surface area contributed by atoms with Crippen molar-refractivity contribution < 1.29 is 4.79 Å². The van der Waals surface area contributed by atoms with Crippen molar-refractivity contribution in [2.45, 2.75) is 19.8 Å². The molecule has 1 saturated heterocycles. The van der Waals surface area contributed by atoms with Crippen molar-refractivity contribution in [3.05, 3.63) is 17.3 Å². The first-order valence-electron chi connectivity index (χ1n) is 7.23. The summed E-state index contributed by atoms with van der Waals surface area (Å²) in [6.45, 7) is 3.85. The van der Waals surface area contributed by atoms with Gasteiger partial charge in [0.1, 0.15) is 12.1 Å². The number of hydrogen-bond donors (Lipinski definition) is 0. The van der Waals surface area contributed by atoms with Gasteiger partial charge in [0, 0.05) is 33.1 Å².